The number of rotatable bonds is 7. The van der Waals surface area contributed by atoms with Crippen LogP contribution in [0.4, 0.5) is 10.1 Å². The van der Waals surface area contributed by atoms with Crippen LogP contribution in [0.1, 0.15) is 23.2 Å². The van der Waals surface area contributed by atoms with Gasteiger partial charge in [-0.2, -0.15) is 0 Å². The molecule has 1 aromatic carbocycles. The first-order chi connectivity index (χ1) is 9.99. The average Bonchev–Trinajstić information content (AvgIpc) is 2.48. The largest absolute Gasteiger partial charge is 0.465 e. The second-order valence-electron chi connectivity index (χ2n) is 4.42. The first-order valence-corrected chi connectivity index (χ1v) is 6.42. The molecule has 0 radical (unpaired) electrons. The number of ether oxygens (including phenoxy) is 2. The molecule has 1 unspecified atom stereocenters. The molecule has 0 aromatic heterocycles. The van der Waals surface area contributed by atoms with Gasteiger partial charge in [0.25, 0.3) is 0 Å². The number of halogens is 1. The summed E-state index contributed by atoms with van der Waals surface area (Å²) in [7, 11) is 2.72. The van der Waals surface area contributed by atoms with Crippen molar-refractivity contribution >= 4 is 17.6 Å². The van der Waals surface area contributed by atoms with Gasteiger partial charge in [-0.3, -0.25) is 4.79 Å². The molecule has 0 aliphatic carbocycles. The minimum absolute atomic E-state index is 0.247. The van der Waals surface area contributed by atoms with Crippen LogP contribution in [-0.4, -0.2) is 38.7 Å². The Balaban J connectivity index is 2.70. The highest BCUT2D eigenvalue weighted by Gasteiger charge is 2.16. The van der Waals surface area contributed by atoms with Crippen molar-refractivity contribution in [1.29, 1.82) is 0 Å². The maximum atomic E-state index is 13.5. The molecule has 0 saturated carbocycles. The summed E-state index contributed by atoms with van der Waals surface area (Å²) in [5.74, 6) is -1.94. The Morgan fingerprint density at radius 3 is 2.71 bits per heavy atom. The summed E-state index contributed by atoms with van der Waals surface area (Å²) >= 11 is 0. The zero-order chi connectivity index (χ0) is 15.8. The Labute approximate surface area is 122 Å². The predicted octanol–water partition coefficient (Wildman–Crippen LogP) is 1.30. The summed E-state index contributed by atoms with van der Waals surface area (Å²) in [6.45, 7) is 0.518. The molecule has 1 amide bonds. The van der Waals surface area contributed by atoms with E-state index in [1.54, 1.807) is 7.11 Å². The molecule has 0 aliphatic heterocycles. The van der Waals surface area contributed by atoms with Crippen LogP contribution in [0.2, 0.25) is 0 Å². The van der Waals surface area contributed by atoms with Crippen LogP contribution < -0.4 is 11.1 Å². The van der Waals surface area contributed by atoms with E-state index in [1.807, 2.05) is 0 Å². The SMILES string of the molecule is COCCCC(N)C(=O)Nc1ccc(F)c(C(=O)OC)c1. The van der Waals surface area contributed by atoms with Crippen molar-refractivity contribution in [3.63, 3.8) is 0 Å². The summed E-state index contributed by atoms with van der Waals surface area (Å²) in [6, 6.07) is 2.94. The van der Waals surface area contributed by atoms with E-state index in [1.165, 1.54) is 12.1 Å². The van der Waals surface area contributed by atoms with Gasteiger partial charge in [-0.25, -0.2) is 9.18 Å². The van der Waals surface area contributed by atoms with E-state index in [2.05, 4.69) is 10.1 Å². The third-order valence-electron chi connectivity index (χ3n) is 2.84. The van der Waals surface area contributed by atoms with Gasteiger partial charge in [-0.05, 0) is 31.0 Å². The molecule has 0 saturated heterocycles. The molecular weight excluding hydrogens is 279 g/mol. The van der Waals surface area contributed by atoms with Gasteiger partial charge in [-0.15, -0.1) is 0 Å². The van der Waals surface area contributed by atoms with Crippen molar-refractivity contribution in [1.82, 2.24) is 0 Å². The fourth-order valence-corrected chi connectivity index (χ4v) is 1.68. The summed E-state index contributed by atoms with van der Waals surface area (Å²) in [6.07, 6.45) is 1.12. The van der Waals surface area contributed by atoms with E-state index in [0.717, 1.165) is 13.2 Å². The predicted molar refractivity (Wildman–Crippen MR) is 75.5 cm³/mol. The lowest BCUT2D eigenvalue weighted by atomic mass is 10.1. The number of esters is 1. The topological polar surface area (TPSA) is 90.6 Å². The molecule has 0 aliphatic rings. The quantitative estimate of drug-likeness (QED) is 0.585. The number of nitrogens with one attached hydrogen (secondary N) is 1. The molecule has 116 valence electrons. The highest BCUT2D eigenvalue weighted by Crippen LogP contribution is 2.16. The monoisotopic (exact) mass is 298 g/mol. The lowest BCUT2D eigenvalue weighted by Crippen LogP contribution is -2.35. The molecule has 7 heteroatoms. The minimum Gasteiger partial charge on any atom is -0.465 e. The van der Waals surface area contributed by atoms with Crippen LogP contribution in [0.5, 0.6) is 0 Å². The Morgan fingerprint density at radius 2 is 2.10 bits per heavy atom. The van der Waals surface area contributed by atoms with Crippen LogP contribution in [0, 0.1) is 5.82 Å². The van der Waals surface area contributed by atoms with Crippen molar-refractivity contribution in [2.24, 2.45) is 5.73 Å². The Morgan fingerprint density at radius 1 is 1.38 bits per heavy atom. The lowest BCUT2D eigenvalue weighted by molar-refractivity contribution is -0.117. The summed E-state index contributed by atoms with van der Waals surface area (Å²) in [5, 5.41) is 2.54. The standard InChI is InChI=1S/C14H19FN2O4/c1-20-7-3-4-12(16)13(18)17-9-5-6-11(15)10(8-9)14(19)21-2/h5-6,8,12H,3-4,7,16H2,1-2H3,(H,17,18). The number of hydrogen-bond acceptors (Lipinski definition) is 5. The molecule has 0 fully saturated rings. The number of benzene rings is 1. The third-order valence-corrected chi connectivity index (χ3v) is 2.84. The van der Waals surface area contributed by atoms with E-state index in [9.17, 15) is 14.0 Å². The van der Waals surface area contributed by atoms with Gasteiger partial charge in [0.2, 0.25) is 5.91 Å². The lowest BCUT2D eigenvalue weighted by Gasteiger charge is -2.12. The number of hydrogen-bond donors (Lipinski definition) is 2. The van der Waals surface area contributed by atoms with Crippen LogP contribution in [0.3, 0.4) is 0 Å². The molecule has 1 rings (SSSR count). The molecule has 0 spiro atoms. The summed E-state index contributed by atoms with van der Waals surface area (Å²) < 4.78 is 22.8. The minimum atomic E-state index is -0.812. The molecule has 0 bridgehead atoms. The van der Waals surface area contributed by atoms with E-state index in [4.69, 9.17) is 10.5 Å². The molecule has 21 heavy (non-hydrogen) atoms. The molecule has 3 N–H and O–H groups in total. The number of nitrogens with two attached hydrogens (primary N) is 1. The van der Waals surface area contributed by atoms with Crippen LogP contribution in [0.15, 0.2) is 18.2 Å². The van der Waals surface area contributed by atoms with Crippen LogP contribution >= 0.6 is 0 Å². The molecule has 0 heterocycles. The molecule has 6 nitrogen and oxygen atoms in total. The van der Waals surface area contributed by atoms with Crippen LogP contribution in [0.25, 0.3) is 0 Å². The van der Waals surface area contributed by atoms with E-state index in [-0.39, 0.29) is 11.3 Å². The number of anilines is 1. The van der Waals surface area contributed by atoms with Gasteiger partial charge < -0.3 is 20.5 Å². The van der Waals surface area contributed by atoms with Crippen molar-refractivity contribution in [2.45, 2.75) is 18.9 Å². The van der Waals surface area contributed by atoms with Gasteiger partial charge in [0.05, 0.1) is 18.7 Å². The molecule has 1 atom stereocenters. The smallest absolute Gasteiger partial charge is 0.340 e. The summed E-state index contributed by atoms with van der Waals surface area (Å²) in [4.78, 5) is 23.2. The normalized spacial score (nSPS) is 11.8. The maximum Gasteiger partial charge on any atom is 0.340 e. The third kappa shape index (κ3) is 5.13. The zero-order valence-corrected chi connectivity index (χ0v) is 12.0. The highest BCUT2D eigenvalue weighted by molar-refractivity contribution is 5.96. The summed E-state index contributed by atoms with van der Waals surface area (Å²) in [5.41, 5.74) is 5.76. The van der Waals surface area contributed by atoms with Gasteiger partial charge in [0.15, 0.2) is 0 Å². The average molecular weight is 298 g/mol. The van der Waals surface area contributed by atoms with Crippen molar-refractivity contribution in [3.8, 4) is 0 Å². The molecular formula is C14H19FN2O4. The molecule has 1 aromatic rings. The Hall–Kier alpha value is -1.99. The number of methoxy groups -OCH3 is 2. The van der Waals surface area contributed by atoms with Gasteiger partial charge in [-0.1, -0.05) is 0 Å². The number of carbonyl (C=O) groups is 2. The number of amides is 1. The first kappa shape index (κ1) is 17.1. The van der Waals surface area contributed by atoms with Gasteiger partial charge in [0.1, 0.15) is 5.82 Å². The van der Waals surface area contributed by atoms with Gasteiger partial charge in [0, 0.05) is 19.4 Å². The maximum absolute atomic E-state index is 13.5. The van der Waals surface area contributed by atoms with Crippen molar-refractivity contribution in [3.05, 3.63) is 29.6 Å². The highest BCUT2D eigenvalue weighted by atomic mass is 19.1. The second kappa shape index (κ2) is 8.33. The van der Waals surface area contributed by atoms with Crippen molar-refractivity contribution in [2.75, 3.05) is 26.1 Å². The van der Waals surface area contributed by atoms with Gasteiger partial charge >= 0.3 is 5.97 Å². The fraction of sp³-hybridized carbons (Fsp3) is 0.429. The second-order valence-corrected chi connectivity index (χ2v) is 4.42. The van der Waals surface area contributed by atoms with E-state index < -0.39 is 23.7 Å². The Kier molecular flexibility index (Phi) is 6.77. The zero-order valence-electron chi connectivity index (χ0n) is 12.0. The first-order valence-electron chi connectivity index (χ1n) is 6.42. The van der Waals surface area contributed by atoms with Crippen molar-refractivity contribution < 1.29 is 23.5 Å². The van der Waals surface area contributed by atoms with Crippen LogP contribution in [-0.2, 0) is 14.3 Å². The van der Waals surface area contributed by atoms with E-state index in [0.29, 0.717) is 19.4 Å². The van der Waals surface area contributed by atoms with E-state index >= 15 is 0 Å². The number of carbonyl (C=O) groups excluding carboxylic acids is 2. The fourth-order valence-electron chi connectivity index (χ4n) is 1.68. The Bertz CT molecular complexity index is 508.